The fourth-order valence-corrected chi connectivity index (χ4v) is 3.57. The largest absolute Gasteiger partial charge is 0.376 e. The third-order valence-corrected chi connectivity index (χ3v) is 4.77. The first-order chi connectivity index (χ1) is 9.39. The van der Waals surface area contributed by atoms with Gasteiger partial charge in [0.25, 0.3) is 0 Å². The van der Waals surface area contributed by atoms with Gasteiger partial charge in [-0.05, 0) is 19.4 Å². The number of ether oxygens (including phenoxy) is 2. The van der Waals surface area contributed by atoms with Crippen LogP contribution in [0.25, 0.3) is 0 Å². The lowest BCUT2D eigenvalue weighted by atomic mass is 10.1. The number of aryl methyl sites for hydroxylation is 1. The maximum absolute atomic E-state index is 12.1. The van der Waals surface area contributed by atoms with Gasteiger partial charge in [0, 0.05) is 6.54 Å². The molecule has 1 fully saturated rings. The Morgan fingerprint density at radius 3 is 2.55 bits per heavy atom. The molecule has 1 aliphatic heterocycles. The molecular formula is C14H21NO4S. The molecule has 1 atom stereocenters. The molecule has 1 heterocycles. The topological polar surface area (TPSA) is 64.6 Å². The van der Waals surface area contributed by atoms with E-state index >= 15 is 0 Å². The number of rotatable bonds is 5. The molecule has 1 unspecified atom stereocenters. The molecule has 0 aromatic heterocycles. The molecule has 2 rings (SSSR count). The average molecular weight is 299 g/mol. The van der Waals surface area contributed by atoms with E-state index in [4.69, 9.17) is 9.47 Å². The van der Waals surface area contributed by atoms with E-state index in [1.54, 1.807) is 6.92 Å². The van der Waals surface area contributed by atoms with E-state index < -0.39 is 15.6 Å². The number of nitrogens with one attached hydrogen (secondary N) is 1. The third-order valence-electron chi connectivity index (χ3n) is 3.20. The number of hydrogen-bond donors (Lipinski definition) is 1. The Bertz CT molecular complexity index is 533. The first-order valence-corrected chi connectivity index (χ1v) is 8.28. The predicted molar refractivity (Wildman–Crippen MR) is 77.0 cm³/mol. The van der Waals surface area contributed by atoms with Gasteiger partial charge in [-0.25, -0.2) is 13.1 Å². The first-order valence-electron chi connectivity index (χ1n) is 6.63. The smallest absolute Gasteiger partial charge is 0.214 e. The standard InChI is InChI=1S/C14H21NO4S/c1-12-3-5-13(6-4-12)9-15-20(16,17)11-14(2)10-18-7-8-19-14/h3-6,15H,7-11H2,1-2H3. The molecule has 1 aliphatic rings. The van der Waals surface area contributed by atoms with Crippen LogP contribution in [0.4, 0.5) is 0 Å². The van der Waals surface area contributed by atoms with E-state index in [-0.39, 0.29) is 5.75 Å². The summed E-state index contributed by atoms with van der Waals surface area (Å²) in [6.45, 7) is 5.31. The Balaban J connectivity index is 1.92. The van der Waals surface area contributed by atoms with Crippen LogP contribution in [0.2, 0.25) is 0 Å². The monoisotopic (exact) mass is 299 g/mol. The Morgan fingerprint density at radius 2 is 1.95 bits per heavy atom. The van der Waals surface area contributed by atoms with Crippen LogP contribution in [-0.2, 0) is 26.0 Å². The Kier molecular flexibility index (Phi) is 4.80. The molecule has 1 saturated heterocycles. The van der Waals surface area contributed by atoms with Gasteiger partial charge in [0.05, 0.1) is 25.6 Å². The highest BCUT2D eigenvalue weighted by molar-refractivity contribution is 7.89. The molecule has 0 aliphatic carbocycles. The van der Waals surface area contributed by atoms with E-state index in [1.165, 1.54) is 0 Å². The Hall–Kier alpha value is -0.950. The maximum atomic E-state index is 12.1. The number of benzene rings is 1. The van der Waals surface area contributed by atoms with Crippen molar-refractivity contribution in [2.45, 2.75) is 26.0 Å². The summed E-state index contributed by atoms with van der Waals surface area (Å²) in [6.07, 6.45) is 0. The summed E-state index contributed by atoms with van der Waals surface area (Å²) in [4.78, 5) is 0. The fourth-order valence-electron chi connectivity index (χ4n) is 2.11. The number of sulfonamides is 1. The van der Waals surface area contributed by atoms with Crippen molar-refractivity contribution in [1.29, 1.82) is 0 Å². The van der Waals surface area contributed by atoms with Crippen molar-refractivity contribution in [2.24, 2.45) is 0 Å². The molecule has 112 valence electrons. The average Bonchev–Trinajstić information content (AvgIpc) is 2.38. The molecule has 20 heavy (non-hydrogen) atoms. The summed E-state index contributed by atoms with van der Waals surface area (Å²) in [5.74, 6) is -0.0914. The summed E-state index contributed by atoms with van der Waals surface area (Å²) < 4.78 is 37.6. The molecular weight excluding hydrogens is 278 g/mol. The summed E-state index contributed by atoms with van der Waals surface area (Å²) in [6, 6.07) is 7.76. The highest BCUT2D eigenvalue weighted by atomic mass is 32.2. The van der Waals surface area contributed by atoms with Gasteiger partial charge >= 0.3 is 0 Å². The van der Waals surface area contributed by atoms with Gasteiger partial charge in [-0.3, -0.25) is 0 Å². The van der Waals surface area contributed by atoms with E-state index in [2.05, 4.69) is 4.72 Å². The summed E-state index contributed by atoms with van der Waals surface area (Å²) >= 11 is 0. The van der Waals surface area contributed by atoms with Crippen molar-refractivity contribution in [1.82, 2.24) is 4.72 Å². The van der Waals surface area contributed by atoms with E-state index in [1.807, 2.05) is 31.2 Å². The molecule has 5 nitrogen and oxygen atoms in total. The van der Waals surface area contributed by atoms with Crippen molar-refractivity contribution < 1.29 is 17.9 Å². The van der Waals surface area contributed by atoms with Crippen molar-refractivity contribution >= 4 is 10.0 Å². The maximum Gasteiger partial charge on any atom is 0.214 e. The van der Waals surface area contributed by atoms with Gasteiger partial charge in [0.2, 0.25) is 10.0 Å². The first kappa shape index (κ1) is 15.4. The zero-order valence-corrected chi connectivity index (χ0v) is 12.7. The van der Waals surface area contributed by atoms with Crippen LogP contribution in [0.5, 0.6) is 0 Å². The van der Waals surface area contributed by atoms with E-state index in [0.29, 0.717) is 26.4 Å². The van der Waals surface area contributed by atoms with Crippen LogP contribution in [0, 0.1) is 6.92 Å². The lowest BCUT2D eigenvalue weighted by Crippen LogP contribution is -2.48. The quantitative estimate of drug-likeness (QED) is 0.888. The summed E-state index contributed by atoms with van der Waals surface area (Å²) in [7, 11) is -3.40. The van der Waals surface area contributed by atoms with E-state index in [9.17, 15) is 8.42 Å². The summed E-state index contributed by atoms with van der Waals surface area (Å²) in [5.41, 5.74) is 1.32. The Morgan fingerprint density at radius 1 is 1.25 bits per heavy atom. The van der Waals surface area contributed by atoms with Crippen molar-refractivity contribution in [2.75, 3.05) is 25.6 Å². The SMILES string of the molecule is Cc1ccc(CNS(=O)(=O)CC2(C)COCCO2)cc1. The van der Waals surface area contributed by atoms with Crippen LogP contribution in [0.15, 0.2) is 24.3 Å². The number of hydrogen-bond acceptors (Lipinski definition) is 4. The zero-order chi connectivity index (χ0) is 14.6. The Labute approximate surface area is 120 Å². The van der Waals surface area contributed by atoms with Gasteiger partial charge < -0.3 is 9.47 Å². The van der Waals surface area contributed by atoms with Gasteiger partial charge in [-0.1, -0.05) is 29.8 Å². The lowest BCUT2D eigenvalue weighted by molar-refractivity contribution is -0.135. The van der Waals surface area contributed by atoms with Gasteiger partial charge in [-0.15, -0.1) is 0 Å². The molecule has 0 bridgehead atoms. The van der Waals surface area contributed by atoms with Crippen LogP contribution in [0.3, 0.4) is 0 Å². The molecule has 1 aromatic rings. The molecule has 6 heteroatoms. The molecule has 0 radical (unpaired) electrons. The minimum absolute atomic E-state index is 0.0914. The van der Waals surface area contributed by atoms with Crippen LogP contribution in [0.1, 0.15) is 18.1 Å². The molecule has 0 spiro atoms. The second-order valence-corrected chi connectivity index (χ2v) is 7.22. The fraction of sp³-hybridized carbons (Fsp3) is 0.571. The van der Waals surface area contributed by atoms with Gasteiger partial charge in [0.1, 0.15) is 5.60 Å². The highest BCUT2D eigenvalue weighted by Crippen LogP contribution is 2.17. The van der Waals surface area contributed by atoms with Crippen LogP contribution >= 0.6 is 0 Å². The molecule has 0 amide bonds. The molecule has 0 saturated carbocycles. The third kappa shape index (κ3) is 4.56. The predicted octanol–water partition coefficient (Wildman–Crippen LogP) is 1.22. The second kappa shape index (κ2) is 6.22. The normalized spacial score (nSPS) is 23.7. The van der Waals surface area contributed by atoms with Gasteiger partial charge in [0.15, 0.2) is 0 Å². The van der Waals surface area contributed by atoms with Crippen molar-refractivity contribution in [3.63, 3.8) is 0 Å². The molecule has 1 aromatic carbocycles. The summed E-state index contributed by atoms with van der Waals surface area (Å²) in [5, 5.41) is 0. The van der Waals surface area contributed by atoms with Crippen molar-refractivity contribution in [3.8, 4) is 0 Å². The van der Waals surface area contributed by atoms with Crippen LogP contribution < -0.4 is 4.72 Å². The van der Waals surface area contributed by atoms with E-state index in [0.717, 1.165) is 11.1 Å². The second-order valence-electron chi connectivity index (χ2n) is 5.42. The molecule has 1 N–H and O–H groups in total. The highest BCUT2D eigenvalue weighted by Gasteiger charge is 2.34. The van der Waals surface area contributed by atoms with Gasteiger partial charge in [-0.2, -0.15) is 0 Å². The zero-order valence-electron chi connectivity index (χ0n) is 11.9. The minimum atomic E-state index is -3.40. The van der Waals surface area contributed by atoms with Crippen LogP contribution in [-0.4, -0.2) is 39.6 Å². The van der Waals surface area contributed by atoms with Crippen molar-refractivity contribution in [3.05, 3.63) is 35.4 Å². The minimum Gasteiger partial charge on any atom is -0.376 e. The lowest BCUT2D eigenvalue weighted by Gasteiger charge is -2.33.